The van der Waals surface area contributed by atoms with Crippen LogP contribution in [0.15, 0.2) is 12.1 Å². The number of halogens is 2. The molecule has 0 spiro atoms. The van der Waals surface area contributed by atoms with Crippen molar-refractivity contribution in [1.29, 1.82) is 0 Å². The fourth-order valence-electron chi connectivity index (χ4n) is 1.50. The number of benzene rings is 1. The van der Waals surface area contributed by atoms with E-state index in [-0.39, 0.29) is 6.04 Å². The lowest BCUT2D eigenvalue weighted by molar-refractivity contribution is 0.415. The van der Waals surface area contributed by atoms with Crippen LogP contribution in [0.1, 0.15) is 6.92 Å². The van der Waals surface area contributed by atoms with Crippen molar-refractivity contribution in [3.63, 3.8) is 0 Å². The van der Waals surface area contributed by atoms with Gasteiger partial charge in [-0.15, -0.1) is 0 Å². The monoisotopic (exact) mass is 262 g/mol. The predicted octanol–water partition coefficient (Wildman–Crippen LogP) is 2.79. The molecule has 2 N–H and O–H groups in total. The third-order valence-corrected chi connectivity index (χ3v) is 2.79. The lowest BCUT2D eigenvalue weighted by atomic mass is 10.2. The van der Waals surface area contributed by atoms with Crippen molar-refractivity contribution in [2.24, 2.45) is 5.73 Å². The SMILES string of the molecule is COc1cc(Cl)c(N(C)CC(C)N)cc1Cl. The summed E-state index contributed by atoms with van der Waals surface area (Å²) < 4.78 is 5.08. The molecule has 0 fully saturated rings. The maximum absolute atomic E-state index is 6.14. The van der Waals surface area contributed by atoms with E-state index in [1.54, 1.807) is 19.2 Å². The van der Waals surface area contributed by atoms with Gasteiger partial charge < -0.3 is 15.4 Å². The molecule has 1 aromatic carbocycles. The van der Waals surface area contributed by atoms with Crippen LogP contribution < -0.4 is 15.4 Å². The van der Waals surface area contributed by atoms with Crippen molar-refractivity contribution in [2.45, 2.75) is 13.0 Å². The van der Waals surface area contributed by atoms with E-state index < -0.39 is 0 Å². The Morgan fingerprint density at radius 2 is 2.00 bits per heavy atom. The summed E-state index contributed by atoms with van der Waals surface area (Å²) >= 11 is 12.2. The second kappa shape index (κ2) is 5.62. The van der Waals surface area contributed by atoms with Gasteiger partial charge in [-0.3, -0.25) is 0 Å². The van der Waals surface area contributed by atoms with Gasteiger partial charge in [-0.1, -0.05) is 23.2 Å². The van der Waals surface area contributed by atoms with Crippen LogP contribution in [-0.4, -0.2) is 26.7 Å². The first kappa shape index (κ1) is 13.4. The van der Waals surface area contributed by atoms with Crippen LogP contribution in [0.3, 0.4) is 0 Å². The van der Waals surface area contributed by atoms with Gasteiger partial charge in [0.2, 0.25) is 0 Å². The summed E-state index contributed by atoms with van der Waals surface area (Å²) in [5.41, 5.74) is 6.58. The first-order chi connectivity index (χ1) is 7.45. The third kappa shape index (κ3) is 3.17. The van der Waals surface area contributed by atoms with Gasteiger partial charge in [-0.05, 0) is 13.0 Å². The number of hydrogen-bond donors (Lipinski definition) is 1. The van der Waals surface area contributed by atoms with Crippen LogP contribution >= 0.6 is 23.2 Å². The number of ether oxygens (including phenoxy) is 1. The fraction of sp³-hybridized carbons (Fsp3) is 0.455. The van der Waals surface area contributed by atoms with Crippen molar-refractivity contribution in [1.82, 2.24) is 0 Å². The van der Waals surface area contributed by atoms with Crippen molar-refractivity contribution in [3.05, 3.63) is 22.2 Å². The first-order valence-corrected chi connectivity index (χ1v) is 5.71. The largest absolute Gasteiger partial charge is 0.495 e. The van der Waals surface area contributed by atoms with Crippen LogP contribution in [0.25, 0.3) is 0 Å². The Hall–Kier alpha value is -0.640. The maximum Gasteiger partial charge on any atom is 0.139 e. The van der Waals surface area contributed by atoms with Gasteiger partial charge in [0, 0.05) is 25.7 Å². The molecule has 1 aromatic rings. The number of rotatable bonds is 4. The molecule has 0 bridgehead atoms. The minimum atomic E-state index is 0.0712. The minimum absolute atomic E-state index is 0.0712. The molecule has 0 saturated carbocycles. The van der Waals surface area contributed by atoms with Crippen LogP contribution in [0.5, 0.6) is 5.75 Å². The number of likely N-dealkylation sites (N-methyl/N-ethyl adjacent to an activating group) is 1. The van der Waals surface area contributed by atoms with Crippen molar-refractivity contribution >= 4 is 28.9 Å². The second-order valence-corrected chi connectivity index (χ2v) is 4.61. The van der Waals surface area contributed by atoms with E-state index in [0.29, 0.717) is 22.3 Å². The smallest absolute Gasteiger partial charge is 0.139 e. The molecule has 1 atom stereocenters. The van der Waals surface area contributed by atoms with Crippen molar-refractivity contribution in [3.8, 4) is 5.75 Å². The zero-order valence-corrected chi connectivity index (χ0v) is 11.1. The molecule has 0 saturated heterocycles. The molecule has 0 radical (unpaired) electrons. The van der Waals surface area contributed by atoms with Crippen LogP contribution in [0.4, 0.5) is 5.69 Å². The molecular weight excluding hydrogens is 247 g/mol. The summed E-state index contributed by atoms with van der Waals surface area (Å²) in [4.78, 5) is 1.97. The quantitative estimate of drug-likeness (QED) is 0.907. The van der Waals surface area contributed by atoms with E-state index in [1.807, 2.05) is 18.9 Å². The lowest BCUT2D eigenvalue weighted by Crippen LogP contribution is -2.32. The van der Waals surface area contributed by atoms with E-state index in [0.717, 1.165) is 5.69 Å². The Morgan fingerprint density at radius 1 is 1.38 bits per heavy atom. The molecule has 0 amide bonds. The van der Waals surface area contributed by atoms with Gasteiger partial charge in [0.15, 0.2) is 0 Å². The molecule has 0 aliphatic carbocycles. The van der Waals surface area contributed by atoms with Crippen molar-refractivity contribution < 1.29 is 4.74 Å². The molecule has 0 aromatic heterocycles. The number of nitrogens with two attached hydrogens (primary N) is 1. The Labute approximate surface area is 106 Å². The van der Waals surface area contributed by atoms with Gasteiger partial charge in [-0.2, -0.15) is 0 Å². The highest BCUT2D eigenvalue weighted by molar-refractivity contribution is 6.36. The standard InChI is InChI=1S/C11H16Cl2N2O/c1-7(14)6-15(2)10-4-9(13)11(16-3)5-8(10)12/h4-5,7H,6,14H2,1-3H3. The van der Waals surface area contributed by atoms with Gasteiger partial charge >= 0.3 is 0 Å². The molecule has 16 heavy (non-hydrogen) atoms. The molecule has 0 heterocycles. The maximum atomic E-state index is 6.14. The van der Waals surface area contributed by atoms with Crippen molar-refractivity contribution in [2.75, 3.05) is 25.6 Å². The first-order valence-electron chi connectivity index (χ1n) is 4.95. The number of hydrogen-bond acceptors (Lipinski definition) is 3. The van der Waals surface area contributed by atoms with Crippen LogP contribution in [0.2, 0.25) is 10.0 Å². The molecule has 0 aliphatic rings. The zero-order valence-electron chi connectivity index (χ0n) is 9.63. The summed E-state index contributed by atoms with van der Waals surface area (Å²) in [5, 5.41) is 1.14. The number of anilines is 1. The lowest BCUT2D eigenvalue weighted by Gasteiger charge is -2.23. The van der Waals surface area contributed by atoms with E-state index in [4.69, 9.17) is 33.7 Å². The molecule has 3 nitrogen and oxygen atoms in total. The number of nitrogens with zero attached hydrogens (tertiary/aromatic N) is 1. The Bertz CT molecular complexity index is 369. The summed E-state index contributed by atoms with van der Waals surface area (Å²) in [5.74, 6) is 0.574. The van der Waals surface area contributed by atoms with E-state index in [9.17, 15) is 0 Å². The molecule has 1 rings (SSSR count). The minimum Gasteiger partial charge on any atom is -0.495 e. The molecule has 5 heteroatoms. The van der Waals surface area contributed by atoms with Gasteiger partial charge in [0.1, 0.15) is 5.75 Å². The Balaban J connectivity index is 3.01. The molecule has 1 unspecified atom stereocenters. The zero-order chi connectivity index (χ0) is 12.3. The summed E-state index contributed by atoms with van der Waals surface area (Å²) in [6, 6.07) is 3.56. The van der Waals surface area contributed by atoms with E-state index in [2.05, 4.69) is 0 Å². The van der Waals surface area contributed by atoms with E-state index >= 15 is 0 Å². The number of methoxy groups -OCH3 is 1. The average molecular weight is 263 g/mol. The highest BCUT2D eigenvalue weighted by Crippen LogP contribution is 2.35. The highest BCUT2D eigenvalue weighted by atomic mass is 35.5. The fourth-order valence-corrected chi connectivity index (χ4v) is 2.03. The van der Waals surface area contributed by atoms with Gasteiger partial charge in [0.25, 0.3) is 0 Å². The average Bonchev–Trinajstić information content (AvgIpc) is 2.19. The summed E-state index contributed by atoms with van der Waals surface area (Å²) in [6.45, 7) is 2.65. The normalized spacial score (nSPS) is 12.4. The Kier molecular flexibility index (Phi) is 4.71. The second-order valence-electron chi connectivity index (χ2n) is 3.80. The predicted molar refractivity (Wildman–Crippen MR) is 69.9 cm³/mol. The van der Waals surface area contributed by atoms with Gasteiger partial charge in [-0.25, -0.2) is 0 Å². The Morgan fingerprint density at radius 3 is 2.50 bits per heavy atom. The summed E-state index contributed by atoms with van der Waals surface area (Å²) in [7, 11) is 3.48. The van der Waals surface area contributed by atoms with Crippen LogP contribution in [0, 0.1) is 0 Å². The summed E-state index contributed by atoms with van der Waals surface area (Å²) in [6.07, 6.45) is 0. The van der Waals surface area contributed by atoms with Crippen LogP contribution in [-0.2, 0) is 0 Å². The molecule has 0 aliphatic heterocycles. The topological polar surface area (TPSA) is 38.5 Å². The molecular formula is C11H16Cl2N2O. The highest BCUT2D eigenvalue weighted by Gasteiger charge is 2.12. The molecule has 90 valence electrons. The van der Waals surface area contributed by atoms with E-state index in [1.165, 1.54) is 0 Å². The van der Waals surface area contributed by atoms with Gasteiger partial charge in [0.05, 0.1) is 22.8 Å². The third-order valence-electron chi connectivity index (χ3n) is 2.19.